The third-order valence-corrected chi connectivity index (χ3v) is 4.06. The number of hydrogen-bond donors (Lipinski definition) is 1. The molecule has 2 aromatic rings. The second kappa shape index (κ2) is 6.64. The summed E-state index contributed by atoms with van der Waals surface area (Å²) in [5, 5.41) is 10.2. The Balaban J connectivity index is 2.00. The van der Waals surface area contributed by atoms with Gasteiger partial charge in [-0.05, 0) is 24.6 Å². The molecule has 0 spiro atoms. The number of thioether (sulfide) groups is 1. The standard InChI is InChI=1S/C16H18O2S/c1-12-7-9-13(10-8-12)14(17)11-19-16-6-4-3-5-15(16)18-2/h3-10,14,17H,11H2,1-2H3. The number of rotatable bonds is 5. The number of aryl methyl sites for hydroxylation is 1. The van der Waals surface area contributed by atoms with E-state index in [0.717, 1.165) is 16.2 Å². The van der Waals surface area contributed by atoms with Crippen LogP contribution in [0, 0.1) is 6.92 Å². The molecule has 0 aromatic heterocycles. The topological polar surface area (TPSA) is 29.5 Å². The molecule has 2 nitrogen and oxygen atoms in total. The Hall–Kier alpha value is -1.45. The minimum absolute atomic E-state index is 0.462. The van der Waals surface area contributed by atoms with E-state index in [1.807, 2.05) is 55.5 Å². The largest absolute Gasteiger partial charge is 0.496 e. The summed E-state index contributed by atoms with van der Waals surface area (Å²) >= 11 is 1.60. The smallest absolute Gasteiger partial charge is 0.132 e. The molecule has 19 heavy (non-hydrogen) atoms. The molecule has 0 saturated heterocycles. The third kappa shape index (κ3) is 3.75. The zero-order valence-corrected chi connectivity index (χ0v) is 12.0. The molecule has 0 aliphatic carbocycles. The minimum Gasteiger partial charge on any atom is -0.496 e. The van der Waals surface area contributed by atoms with E-state index in [1.54, 1.807) is 18.9 Å². The molecule has 1 N–H and O–H groups in total. The van der Waals surface area contributed by atoms with Crippen LogP contribution < -0.4 is 4.74 Å². The first-order chi connectivity index (χ1) is 9.20. The summed E-state index contributed by atoms with van der Waals surface area (Å²) in [7, 11) is 1.66. The van der Waals surface area contributed by atoms with Crippen molar-refractivity contribution < 1.29 is 9.84 Å². The Morgan fingerprint density at radius 3 is 2.47 bits per heavy atom. The molecule has 0 bridgehead atoms. The van der Waals surface area contributed by atoms with Crippen molar-refractivity contribution in [3.05, 3.63) is 59.7 Å². The van der Waals surface area contributed by atoms with Crippen molar-refractivity contribution in [1.82, 2.24) is 0 Å². The molecule has 0 aliphatic heterocycles. The molecule has 1 unspecified atom stereocenters. The molecule has 100 valence electrons. The van der Waals surface area contributed by atoms with Gasteiger partial charge in [-0.1, -0.05) is 42.0 Å². The van der Waals surface area contributed by atoms with Gasteiger partial charge in [0.2, 0.25) is 0 Å². The lowest BCUT2D eigenvalue weighted by Crippen LogP contribution is -2.00. The molecule has 0 aliphatic rings. The van der Waals surface area contributed by atoms with Crippen molar-refractivity contribution >= 4 is 11.8 Å². The van der Waals surface area contributed by atoms with Gasteiger partial charge >= 0.3 is 0 Å². The number of ether oxygens (including phenoxy) is 1. The van der Waals surface area contributed by atoms with E-state index >= 15 is 0 Å². The number of methoxy groups -OCH3 is 1. The summed E-state index contributed by atoms with van der Waals surface area (Å²) in [4.78, 5) is 1.05. The number of para-hydroxylation sites is 1. The summed E-state index contributed by atoms with van der Waals surface area (Å²) in [5.74, 6) is 1.47. The van der Waals surface area contributed by atoms with Gasteiger partial charge in [-0.2, -0.15) is 0 Å². The van der Waals surface area contributed by atoms with Gasteiger partial charge in [0.15, 0.2) is 0 Å². The number of aliphatic hydroxyl groups is 1. The van der Waals surface area contributed by atoms with E-state index in [0.29, 0.717) is 5.75 Å². The van der Waals surface area contributed by atoms with E-state index in [4.69, 9.17) is 4.74 Å². The maximum atomic E-state index is 10.2. The lowest BCUT2D eigenvalue weighted by molar-refractivity contribution is 0.204. The zero-order chi connectivity index (χ0) is 13.7. The molecule has 3 heteroatoms. The van der Waals surface area contributed by atoms with Crippen LogP contribution >= 0.6 is 11.8 Å². The van der Waals surface area contributed by atoms with Crippen molar-refractivity contribution in [1.29, 1.82) is 0 Å². The molecular formula is C16H18O2S. The second-order valence-corrected chi connectivity index (χ2v) is 5.45. The van der Waals surface area contributed by atoms with Crippen LogP contribution in [0.15, 0.2) is 53.4 Å². The van der Waals surface area contributed by atoms with Crippen molar-refractivity contribution in [3.63, 3.8) is 0 Å². The second-order valence-electron chi connectivity index (χ2n) is 4.39. The Kier molecular flexibility index (Phi) is 4.88. The van der Waals surface area contributed by atoms with Crippen molar-refractivity contribution in [2.75, 3.05) is 12.9 Å². The molecule has 0 fully saturated rings. The van der Waals surface area contributed by atoms with Gasteiger partial charge < -0.3 is 9.84 Å². The van der Waals surface area contributed by atoms with Crippen LogP contribution in [-0.4, -0.2) is 18.0 Å². The van der Waals surface area contributed by atoms with E-state index in [2.05, 4.69) is 0 Å². The van der Waals surface area contributed by atoms with Crippen molar-refractivity contribution in [2.45, 2.75) is 17.9 Å². The van der Waals surface area contributed by atoms with Crippen LogP contribution in [0.1, 0.15) is 17.2 Å². The summed E-state index contributed by atoms with van der Waals surface area (Å²) in [6, 6.07) is 15.8. The molecule has 0 amide bonds. The maximum Gasteiger partial charge on any atom is 0.132 e. The Bertz CT molecular complexity index is 523. The Labute approximate surface area is 118 Å². The summed E-state index contributed by atoms with van der Waals surface area (Å²) < 4.78 is 5.30. The fourth-order valence-electron chi connectivity index (χ4n) is 1.79. The minimum atomic E-state index is -0.462. The average Bonchev–Trinajstić information content (AvgIpc) is 2.45. The predicted molar refractivity (Wildman–Crippen MR) is 79.9 cm³/mol. The fourth-order valence-corrected chi connectivity index (χ4v) is 2.79. The van der Waals surface area contributed by atoms with Crippen LogP contribution in [0.25, 0.3) is 0 Å². The van der Waals surface area contributed by atoms with Crippen LogP contribution in [0.5, 0.6) is 5.75 Å². The first kappa shape index (κ1) is 14.0. The summed E-state index contributed by atoms with van der Waals surface area (Å²) in [5.41, 5.74) is 2.15. The van der Waals surface area contributed by atoms with Crippen LogP contribution in [-0.2, 0) is 0 Å². The quantitative estimate of drug-likeness (QED) is 0.840. The van der Waals surface area contributed by atoms with Crippen LogP contribution in [0.3, 0.4) is 0 Å². The van der Waals surface area contributed by atoms with Gasteiger partial charge in [-0.3, -0.25) is 0 Å². The van der Waals surface area contributed by atoms with E-state index in [9.17, 15) is 5.11 Å². The van der Waals surface area contributed by atoms with E-state index in [1.165, 1.54) is 5.56 Å². The molecule has 0 saturated carbocycles. The lowest BCUT2D eigenvalue weighted by Gasteiger charge is -2.12. The highest BCUT2D eigenvalue weighted by Gasteiger charge is 2.10. The highest BCUT2D eigenvalue weighted by Crippen LogP contribution is 2.31. The van der Waals surface area contributed by atoms with Gasteiger partial charge in [-0.25, -0.2) is 0 Å². The monoisotopic (exact) mass is 274 g/mol. The fraction of sp³-hybridized carbons (Fsp3) is 0.250. The van der Waals surface area contributed by atoms with Crippen LogP contribution in [0.2, 0.25) is 0 Å². The summed E-state index contributed by atoms with van der Waals surface area (Å²) in [6.45, 7) is 2.04. The molecular weight excluding hydrogens is 256 g/mol. The van der Waals surface area contributed by atoms with Crippen molar-refractivity contribution in [3.8, 4) is 5.75 Å². The van der Waals surface area contributed by atoms with Gasteiger partial charge in [0.25, 0.3) is 0 Å². The normalized spacial score (nSPS) is 12.2. The van der Waals surface area contributed by atoms with Crippen molar-refractivity contribution in [2.24, 2.45) is 0 Å². The first-order valence-corrected chi connectivity index (χ1v) is 7.19. The lowest BCUT2D eigenvalue weighted by atomic mass is 10.1. The van der Waals surface area contributed by atoms with Gasteiger partial charge in [0.1, 0.15) is 5.75 Å². The molecule has 2 rings (SSSR count). The maximum absolute atomic E-state index is 10.2. The highest BCUT2D eigenvalue weighted by molar-refractivity contribution is 7.99. The Morgan fingerprint density at radius 1 is 1.11 bits per heavy atom. The SMILES string of the molecule is COc1ccccc1SCC(O)c1ccc(C)cc1. The number of hydrogen-bond acceptors (Lipinski definition) is 3. The third-order valence-electron chi connectivity index (χ3n) is 2.93. The average molecular weight is 274 g/mol. The predicted octanol–water partition coefficient (Wildman–Crippen LogP) is 3.83. The molecule has 0 heterocycles. The van der Waals surface area contributed by atoms with E-state index in [-0.39, 0.29) is 0 Å². The van der Waals surface area contributed by atoms with Gasteiger partial charge in [0.05, 0.1) is 13.2 Å². The van der Waals surface area contributed by atoms with Gasteiger partial charge in [-0.15, -0.1) is 11.8 Å². The Morgan fingerprint density at radius 2 is 1.79 bits per heavy atom. The zero-order valence-electron chi connectivity index (χ0n) is 11.2. The van der Waals surface area contributed by atoms with Crippen LogP contribution in [0.4, 0.5) is 0 Å². The van der Waals surface area contributed by atoms with Gasteiger partial charge in [0, 0.05) is 10.6 Å². The van der Waals surface area contributed by atoms with E-state index < -0.39 is 6.10 Å². The summed E-state index contributed by atoms with van der Waals surface area (Å²) in [6.07, 6.45) is -0.462. The first-order valence-electron chi connectivity index (χ1n) is 6.21. The molecule has 1 atom stereocenters. The number of aliphatic hydroxyl groups excluding tert-OH is 1. The number of benzene rings is 2. The molecule has 2 aromatic carbocycles. The highest BCUT2D eigenvalue weighted by atomic mass is 32.2. The molecule has 0 radical (unpaired) electrons.